The number of aromatic nitrogens is 1. The second kappa shape index (κ2) is 2.97. The van der Waals surface area contributed by atoms with E-state index >= 15 is 0 Å². The topological polar surface area (TPSA) is 85.2 Å². The maximum atomic E-state index is 10.8. The van der Waals surface area contributed by atoms with Crippen molar-refractivity contribution in [2.45, 2.75) is 6.04 Å². The number of primary amides is 1. The lowest BCUT2D eigenvalue weighted by molar-refractivity contribution is 0.100. The van der Waals surface area contributed by atoms with Crippen LogP contribution in [0.4, 0.5) is 5.13 Å². The molecule has 1 aromatic heterocycles. The van der Waals surface area contributed by atoms with E-state index in [1.54, 1.807) is 0 Å². The number of carbonyl (C=O) groups excluding carboxylic acids is 1. The van der Waals surface area contributed by atoms with Gasteiger partial charge in [-0.1, -0.05) is 11.3 Å². The minimum atomic E-state index is -0.423. The van der Waals surface area contributed by atoms with Gasteiger partial charge in [0.2, 0.25) is 0 Å². The monoisotopic (exact) mass is 198 g/mol. The summed E-state index contributed by atoms with van der Waals surface area (Å²) >= 11 is 1.31. The smallest absolute Gasteiger partial charge is 0.260 e. The minimum Gasteiger partial charge on any atom is -0.365 e. The fraction of sp³-hybridized carbons (Fsp3) is 0.429. The van der Waals surface area contributed by atoms with Crippen molar-refractivity contribution >= 4 is 22.4 Å². The highest BCUT2D eigenvalue weighted by Gasteiger charge is 2.25. The van der Waals surface area contributed by atoms with E-state index in [0.717, 1.165) is 18.2 Å². The van der Waals surface area contributed by atoms with Crippen molar-refractivity contribution in [2.24, 2.45) is 11.5 Å². The largest absolute Gasteiger partial charge is 0.365 e. The lowest BCUT2D eigenvalue weighted by Crippen LogP contribution is -2.55. The summed E-state index contributed by atoms with van der Waals surface area (Å²) in [6.45, 7) is 1.62. The third-order valence-corrected chi connectivity index (χ3v) is 2.99. The predicted molar refractivity (Wildman–Crippen MR) is 50.8 cm³/mol. The van der Waals surface area contributed by atoms with Gasteiger partial charge in [-0.05, 0) is 0 Å². The number of rotatable bonds is 2. The van der Waals surface area contributed by atoms with Crippen molar-refractivity contribution < 1.29 is 4.79 Å². The fourth-order valence-corrected chi connectivity index (χ4v) is 1.98. The molecule has 0 aliphatic carbocycles. The van der Waals surface area contributed by atoms with Gasteiger partial charge in [0.1, 0.15) is 4.88 Å². The van der Waals surface area contributed by atoms with Crippen molar-refractivity contribution in [3.63, 3.8) is 0 Å². The number of anilines is 1. The third kappa shape index (κ3) is 1.50. The van der Waals surface area contributed by atoms with Crippen LogP contribution in [0, 0.1) is 0 Å². The third-order valence-electron chi connectivity index (χ3n) is 1.92. The van der Waals surface area contributed by atoms with Gasteiger partial charge in [0.25, 0.3) is 5.91 Å². The van der Waals surface area contributed by atoms with Crippen LogP contribution in [0.15, 0.2) is 6.20 Å². The van der Waals surface area contributed by atoms with Gasteiger partial charge in [0.05, 0.1) is 6.20 Å². The standard InChI is InChI=1S/C7H10N4OS/c8-4-2-11(3-4)7-10-1-5(13-7)6(9)12/h1,4H,2-3,8H2,(H2,9,12). The van der Waals surface area contributed by atoms with E-state index in [-0.39, 0.29) is 6.04 Å². The molecule has 6 heteroatoms. The van der Waals surface area contributed by atoms with Crippen molar-refractivity contribution in [1.82, 2.24) is 4.98 Å². The average Bonchev–Trinajstić information content (AvgIpc) is 2.46. The molecule has 1 amide bonds. The highest BCUT2D eigenvalue weighted by Crippen LogP contribution is 2.25. The van der Waals surface area contributed by atoms with Gasteiger partial charge in [0.15, 0.2) is 5.13 Å². The van der Waals surface area contributed by atoms with Crippen molar-refractivity contribution in [2.75, 3.05) is 18.0 Å². The molecule has 0 radical (unpaired) electrons. The number of nitrogens with two attached hydrogens (primary N) is 2. The van der Waals surface area contributed by atoms with E-state index < -0.39 is 5.91 Å². The summed E-state index contributed by atoms with van der Waals surface area (Å²) in [6.07, 6.45) is 1.51. The molecule has 1 aliphatic rings. The molecule has 5 nitrogen and oxygen atoms in total. The van der Waals surface area contributed by atoms with Crippen LogP contribution in [0.1, 0.15) is 9.67 Å². The molecule has 1 aromatic rings. The van der Waals surface area contributed by atoms with E-state index in [1.165, 1.54) is 17.5 Å². The van der Waals surface area contributed by atoms with Crippen LogP contribution in [-0.4, -0.2) is 30.0 Å². The van der Waals surface area contributed by atoms with Crippen LogP contribution in [0.25, 0.3) is 0 Å². The molecular formula is C7H10N4OS. The van der Waals surface area contributed by atoms with E-state index in [2.05, 4.69) is 4.98 Å². The Hall–Kier alpha value is -1.14. The maximum Gasteiger partial charge on any atom is 0.260 e. The van der Waals surface area contributed by atoms with Crippen LogP contribution in [0.2, 0.25) is 0 Å². The molecule has 4 N–H and O–H groups in total. The summed E-state index contributed by atoms with van der Waals surface area (Å²) in [5.74, 6) is -0.423. The van der Waals surface area contributed by atoms with Crippen molar-refractivity contribution in [3.05, 3.63) is 11.1 Å². The number of hydrogen-bond acceptors (Lipinski definition) is 5. The maximum absolute atomic E-state index is 10.8. The van der Waals surface area contributed by atoms with E-state index in [4.69, 9.17) is 11.5 Å². The Morgan fingerprint density at radius 1 is 1.69 bits per heavy atom. The van der Waals surface area contributed by atoms with E-state index in [1.807, 2.05) is 4.90 Å². The average molecular weight is 198 g/mol. The highest BCUT2D eigenvalue weighted by atomic mass is 32.1. The van der Waals surface area contributed by atoms with Crippen molar-refractivity contribution in [1.29, 1.82) is 0 Å². The van der Waals surface area contributed by atoms with E-state index in [0.29, 0.717) is 4.88 Å². The van der Waals surface area contributed by atoms with Crippen LogP contribution < -0.4 is 16.4 Å². The fourth-order valence-electron chi connectivity index (χ4n) is 1.19. The number of nitrogens with zero attached hydrogens (tertiary/aromatic N) is 2. The zero-order valence-corrected chi connectivity index (χ0v) is 7.75. The Morgan fingerprint density at radius 3 is 2.85 bits per heavy atom. The molecule has 2 heterocycles. The predicted octanol–water partition coefficient (Wildman–Crippen LogP) is -0.611. The van der Waals surface area contributed by atoms with Gasteiger partial charge in [-0.25, -0.2) is 4.98 Å². The zero-order chi connectivity index (χ0) is 9.42. The van der Waals surface area contributed by atoms with Crippen LogP contribution in [0.5, 0.6) is 0 Å². The Labute approximate surface area is 79.3 Å². The summed E-state index contributed by atoms with van der Waals surface area (Å²) < 4.78 is 0. The number of carbonyl (C=O) groups is 1. The molecule has 0 unspecified atom stereocenters. The molecule has 1 saturated heterocycles. The van der Waals surface area contributed by atoms with E-state index in [9.17, 15) is 4.79 Å². The number of thiazole rings is 1. The first kappa shape index (κ1) is 8.46. The zero-order valence-electron chi connectivity index (χ0n) is 6.93. The Kier molecular flexibility index (Phi) is 1.93. The number of amides is 1. The Balaban J connectivity index is 2.10. The highest BCUT2D eigenvalue weighted by molar-refractivity contribution is 7.17. The summed E-state index contributed by atoms with van der Waals surface area (Å²) in [4.78, 5) is 17.4. The first-order valence-corrected chi connectivity index (χ1v) is 4.74. The van der Waals surface area contributed by atoms with Gasteiger partial charge < -0.3 is 16.4 Å². The van der Waals surface area contributed by atoms with Crippen LogP contribution >= 0.6 is 11.3 Å². The van der Waals surface area contributed by atoms with Crippen LogP contribution in [-0.2, 0) is 0 Å². The Bertz CT molecular complexity index is 331. The lowest BCUT2D eigenvalue weighted by atomic mass is 10.1. The van der Waals surface area contributed by atoms with Crippen molar-refractivity contribution in [3.8, 4) is 0 Å². The molecule has 0 atom stereocenters. The van der Waals surface area contributed by atoms with Gasteiger partial charge >= 0.3 is 0 Å². The summed E-state index contributed by atoms with van der Waals surface area (Å²) in [6, 6.07) is 0.237. The molecule has 0 aromatic carbocycles. The van der Waals surface area contributed by atoms with Gasteiger partial charge in [0, 0.05) is 19.1 Å². The molecule has 70 valence electrons. The van der Waals surface area contributed by atoms with Gasteiger partial charge in [-0.3, -0.25) is 4.79 Å². The molecular weight excluding hydrogens is 188 g/mol. The van der Waals surface area contributed by atoms with Gasteiger partial charge in [-0.2, -0.15) is 0 Å². The minimum absolute atomic E-state index is 0.237. The molecule has 0 spiro atoms. The second-order valence-electron chi connectivity index (χ2n) is 3.04. The summed E-state index contributed by atoms with van der Waals surface area (Å²) in [5.41, 5.74) is 10.7. The quantitative estimate of drug-likeness (QED) is 0.663. The van der Waals surface area contributed by atoms with Crippen LogP contribution in [0.3, 0.4) is 0 Å². The van der Waals surface area contributed by atoms with Gasteiger partial charge in [-0.15, -0.1) is 0 Å². The molecule has 0 bridgehead atoms. The molecule has 13 heavy (non-hydrogen) atoms. The summed E-state index contributed by atoms with van der Waals surface area (Å²) in [7, 11) is 0. The Morgan fingerprint density at radius 2 is 2.38 bits per heavy atom. The lowest BCUT2D eigenvalue weighted by Gasteiger charge is -2.36. The normalized spacial score (nSPS) is 17.2. The first-order valence-electron chi connectivity index (χ1n) is 3.93. The number of hydrogen-bond donors (Lipinski definition) is 2. The first-order chi connectivity index (χ1) is 6.16. The molecule has 0 saturated carbocycles. The molecule has 1 aliphatic heterocycles. The summed E-state index contributed by atoms with van der Waals surface area (Å²) in [5, 5.41) is 0.829. The second-order valence-corrected chi connectivity index (χ2v) is 4.05. The molecule has 2 rings (SSSR count). The molecule has 1 fully saturated rings. The SMILES string of the molecule is NC(=O)c1cnc(N2CC(N)C2)s1.